The minimum Gasteiger partial charge on any atom is -0.476 e. The quantitative estimate of drug-likeness (QED) is 0.720. The lowest BCUT2D eigenvalue weighted by atomic mass is 10.2. The number of sulfonamides is 1. The van der Waals surface area contributed by atoms with Gasteiger partial charge in [-0.3, -0.25) is 9.69 Å². The number of rotatable bonds is 6. The van der Waals surface area contributed by atoms with E-state index in [1.807, 2.05) is 6.92 Å². The molecule has 0 aromatic carbocycles. The van der Waals surface area contributed by atoms with Crippen LogP contribution in [0.2, 0.25) is 0 Å². The summed E-state index contributed by atoms with van der Waals surface area (Å²) >= 11 is 0. The number of hydrogen-bond acceptors (Lipinski definition) is 6. The monoisotopic (exact) mass is 385 g/mol. The lowest BCUT2D eigenvalue weighted by Gasteiger charge is -2.34. The summed E-state index contributed by atoms with van der Waals surface area (Å²) in [5.74, 6) is 0.478. The Hall–Kier alpha value is -1.65. The Morgan fingerprint density at radius 1 is 1.23 bits per heavy atom. The van der Waals surface area contributed by atoms with Crippen molar-refractivity contribution in [3.8, 4) is 5.88 Å². The Morgan fingerprint density at radius 2 is 1.92 bits per heavy atom. The second-order valence-corrected chi connectivity index (χ2v) is 9.43. The van der Waals surface area contributed by atoms with E-state index in [1.54, 1.807) is 22.8 Å². The molecule has 3 rings (SSSR count). The van der Waals surface area contributed by atoms with Gasteiger partial charge in [-0.05, 0) is 20.8 Å². The van der Waals surface area contributed by atoms with Crippen LogP contribution in [0.5, 0.6) is 5.88 Å². The molecule has 0 saturated carbocycles. The molecule has 1 aromatic rings. The molecule has 10 heteroatoms. The third kappa shape index (κ3) is 3.72. The van der Waals surface area contributed by atoms with Crippen molar-refractivity contribution in [2.75, 3.05) is 45.9 Å². The summed E-state index contributed by atoms with van der Waals surface area (Å²) in [4.78, 5) is 14.5. The molecule has 9 nitrogen and oxygen atoms in total. The zero-order valence-electron chi connectivity index (χ0n) is 15.6. The number of carbonyl (C=O) groups excluding carboxylic acids is 1. The zero-order chi connectivity index (χ0) is 18.9. The van der Waals surface area contributed by atoms with Crippen LogP contribution in [-0.2, 0) is 16.6 Å². The fourth-order valence-electron chi connectivity index (χ4n) is 3.23. The fourth-order valence-corrected chi connectivity index (χ4v) is 4.50. The van der Waals surface area contributed by atoms with Crippen LogP contribution in [0.25, 0.3) is 0 Å². The molecule has 1 amide bonds. The second-order valence-electron chi connectivity index (χ2n) is 6.94. The average molecular weight is 385 g/mol. The summed E-state index contributed by atoms with van der Waals surface area (Å²) < 4.78 is 33.1. The standard InChI is InChI=1S/C16H27N5O4S/c1-12(2)26(23,24)20-8-6-19(7-9-20)5-4-17-15(22)14-13(3)16-21(18-14)10-11-25-16/h12H,4-11H2,1-3H3,(H,17,22). The molecule has 0 bridgehead atoms. The molecular weight excluding hydrogens is 358 g/mol. The molecule has 2 aliphatic heterocycles. The molecule has 146 valence electrons. The summed E-state index contributed by atoms with van der Waals surface area (Å²) in [7, 11) is -3.18. The van der Waals surface area contributed by atoms with Gasteiger partial charge in [0.2, 0.25) is 15.9 Å². The number of hydrogen-bond donors (Lipinski definition) is 1. The van der Waals surface area contributed by atoms with E-state index < -0.39 is 15.3 Å². The van der Waals surface area contributed by atoms with Crippen LogP contribution in [0, 0.1) is 6.92 Å². The molecule has 0 atom stereocenters. The maximum absolute atomic E-state index is 12.3. The number of piperazine rings is 1. The van der Waals surface area contributed by atoms with Crippen molar-refractivity contribution in [1.82, 2.24) is 24.3 Å². The highest BCUT2D eigenvalue weighted by Crippen LogP contribution is 2.25. The van der Waals surface area contributed by atoms with Crippen LogP contribution in [0.15, 0.2) is 0 Å². The zero-order valence-corrected chi connectivity index (χ0v) is 16.4. The largest absolute Gasteiger partial charge is 0.476 e. The van der Waals surface area contributed by atoms with Crippen molar-refractivity contribution in [3.63, 3.8) is 0 Å². The lowest BCUT2D eigenvalue weighted by molar-refractivity contribution is 0.0938. The Balaban J connectivity index is 1.44. The maximum Gasteiger partial charge on any atom is 0.272 e. The van der Waals surface area contributed by atoms with Gasteiger partial charge in [0.25, 0.3) is 5.91 Å². The summed E-state index contributed by atoms with van der Waals surface area (Å²) in [5, 5.41) is 6.80. The van der Waals surface area contributed by atoms with E-state index in [4.69, 9.17) is 4.74 Å². The number of nitrogens with zero attached hydrogens (tertiary/aromatic N) is 4. The van der Waals surface area contributed by atoms with E-state index in [9.17, 15) is 13.2 Å². The van der Waals surface area contributed by atoms with Gasteiger partial charge in [0, 0.05) is 44.8 Å². The molecule has 2 aliphatic rings. The van der Waals surface area contributed by atoms with E-state index in [0.29, 0.717) is 64.0 Å². The SMILES string of the molecule is Cc1c(C(=O)NCCN2CCN(S(=O)(=O)C(C)C)CC2)nn2c1OCC2. The number of amides is 1. The van der Waals surface area contributed by atoms with Crippen molar-refractivity contribution >= 4 is 15.9 Å². The third-order valence-electron chi connectivity index (χ3n) is 4.89. The summed E-state index contributed by atoms with van der Waals surface area (Å²) in [6.45, 7) is 10.1. The number of nitrogens with one attached hydrogen (secondary N) is 1. The number of aromatic nitrogens is 2. The molecule has 1 saturated heterocycles. The van der Waals surface area contributed by atoms with Crippen molar-refractivity contribution < 1.29 is 17.9 Å². The number of ether oxygens (including phenoxy) is 1. The van der Waals surface area contributed by atoms with Gasteiger partial charge in [0.05, 0.1) is 11.8 Å². The Labute approximate surface area is 154 Å². The van der Waals surface area contributed by atoms with Crippen LogP contribution in [0.4, 0.5) is 0 Å². The minimum atomic E-state index is -3.18. The van der Waals surface area contributed by atoms with Gasteiger partial charge in [-0.1, -0.05) is 0 Å². The second kappa shape index (κ2) is 7.53. The molecule has 26 heavy (non-hydrogen) atoms. The predicted molar refractivity (Wildman–Crippen MR) is 96.9 cm³/mol. The van der Waals surface area contributed by atoms with Crippen LogP contribution in [0.1, 0.15) is 29.9 Å². The molecule has 3 heterocycles. The molecule has 1 fully saturated rings. The molecular formula is C16H27N5O4S. The van der Waals surface area contributed by atoms with E-state index in [1.165, 1.54) is 0 Å². The first kappa shape index (κ1) is 19.1. The van der Waals surface area contributed by atoms with Crippen molar-refractivity contribution in [2.45, 2.75) is 32.6 Å². The molecule has 0 spiro atoms. The number of fused-ring (bicyclic) bond motifs is 1. The lowest BCUT2D eigenvalue weighted by Crippen LogP contribution is -2.51. The van der Waals surface area contributed by atoms with E-state index in [0.717, 1.165) is 5.56 Å². The molecule has 0 unspecified atom stereocenters. The van der Waals surface area contributed by atoms with E-state index in [2.05, 4.69) is 15.3 Å². The van der Waals surface area contributed by atoms with Gasteiger partial charge in [-0.25, -0.2) is 13.1 Å². The molecule has 0 aliphatic carbocycles. The topological polar surface area (TPSA) is 96.8 Å². The first-order chi connectivity index (χ1) is 12.3. The molecule has 1 N–H and O–H groups in total. The highest BCUT2D eigenvalue weighted by Gasteiger charge is 2.29. The first-order valence-electron chi connectivity index (χ1n) is 9.00. The highest BCUT2D eigenvalue weighted by atomic mass is 32.2. The molecule has 0 radical (unpaired) electrons. The van der Waals surface area contributed by atoms with Crippen molar-refractivity contribution in [3.05, 3.63) is 11.3 Å². The van der Waals surface area contributed by atoms with Crippen LogP contribution >= 0.6 is 0 Å². The van der Waals surface area contributed by atoms with Gasteiger partial charge < -0.3 is 10.1 Å². The van der Waals surface area contributed by atoms with Gasteiger partial charge in [-0.2, -0.15) is 9.40 Å². The Morgan fingerprint density at radius 3 is 2.54 bits per heavy atom. The summed E-state index contributed by atoms with van der Waals surface area (Å²) in [6, 6.07) is 0. The van der Waals surface area contributed by atoms with Gasteiger partial charge in [0.15, 0.2) is 5.69 Å². The van der Waals surface area contributed by atoms with Gasteiger partial charge in [0.1, 0.15) is 6.61 Å². The van der Waals surface area contributed by atoms with Crippen LogP contribution in [0.3, 0.4) is 0 Å². The molecule has 1 aromatic heterocycles. The van der Waals surface area contributed by atoms with Crippen molar-refractivity contribution in [2.24, 2.45) is 0 Å². The van der Waals surface area contributed by atoms with E-state index in [-0.39, 0.29) is 5.91 Å². The van der Waals surface area contributed by atoms with Crippen LogP contribution in [-0.4, -0.2) is 84.4 Å². The highest BCUT2D eigenvalue weighted by molar-refractivity contribution is 7.89. The summed E-state index contributed by atoms with van der Waals surface area (Å²) in [6.07, 6.45) is 0. The van der Waals surface area contributed by atoms with Crippen molar-refractivity contribution in [1.29, 1.82) is 0 Å². The maximum atomic E-state index is 12.3. The van der Waals surface area contributed by atoms with E-state index >= 15 is 0 Å². The fraction of sp³-hybridized carbons (Fsp3) is 0.750. The Kier molecular flexibility index (Phi) is 5.54. The first-order valence-corrected chi connectivity index (χ1v) is 10.5. The Bertz CT molecular complexity index is 766. The predicted octanol–water partition coefficient (Wildman–Crippen LogP) is -0.330. The smallest absolute Gasteiger partial charge is 0.272 e. The third-order valence-corrected chi connectivity index (χ3v) is 7.16. The van der Waals surface area contributed by atoms with Crippen LogP contribution < -0.4 is 10.1 Å². The van der Waals surface area contributed by atoms with Gasteiger partial charge >= 0.3 is 0 Å². The average Bonchev–Trinajstić information content (AvgIpc) is 3.18. The minimum absolute atomic E-state index is 0.200. The number of carbonyl (C=O) groups is 1. The normalized spacial score (nSPS) is 18.8. The summed E-state index contributed by atoms with van der Waals surface area (Å²) in [5.41, 5.74) is 1.18. The van der Waals surface area contributed by atoms with Gasteiger partial charge in [-0.15, -0.1) is 0 Å².